The Bertz CT molecular complexity index is 1460. The third kappa shape index (κ3) is 4.63. The van der Waals surface area contributed by atoms with Crippen LogP contribution < -0.4 is 9.62 Å². The van der Waals surface area contributed by atoms with Crippen molar-refractivity contribution in [3.63, 3.8) is 0 Å². The maximum atomic E-state index is 13.8. The number of aryl methyl sites for hydroxylation is 3. The van der Waals surface area contributed by atoms with Gasteiger partial charge in [-0.2, -0.15) is 0 Å². The van der Waals surface area contributed by atoms with Crippen LogP contribution in [0.2, 0.25) is 0 Å². The number of amides is 1. The minimum absolute atomic E-state index is 0.0345. The number of pyridine rings is 1. The summed E-state index contributed by atoms with van der Waals surface area (Å²) in [6.45, 7) is 5.25. The van der Waals surface area contributed by atoms with E-state index < -0.39 is 28.3 Å². The number of hydrogen-bond donors (Lipinski definition) is 1. The van der Waals surface area contributed by atoms with Crippen molar-refractivity contribution in [2.45, 2.75) is 25.7 Å². The summed E-state index contributed by atoms with van der Waals surface area (Å²) in [6.07, 6.45) is 3.09. The summed E-state index contributed by atoms with van der Waals surface area (Å²) < 4.78 is 42.3. The lowest BCUT2D eigenvalue weighted by Crippen LogP contribution is -2.38. The SMILES string of the molecule is Cc1cc(C)c(NC(=O)CN(c2ccc(F)cc2)S(=O)(=O)c2cccc3cnccc23)c(C)c1. The van der Waals surface area contributed by atoms with Crippen LogP contribution in [0.4, 0.5) is 15.8 Å². The molecule has 0 atom stereocenters. The summed E-state index contributed by atoms with van der Waals surface area (Å²) in [6, 6.07) is 15.4. The maximum Gasteiger partial charge on any atom is 0.265 e. The number of hydrogen-bond acceptors (Lipinski definition) is 4. The first-order valence-corrected chi connectivity index (χ1v) is 12.1. The van der Waals surface area contributed by atoms with Crippen LogP contribution in [0.15, 0.2) is 78.0 Å². The Morgan fingerprint density at radius 3 is 2.35 bits per heavy atom. The second kappa shape index (κ2) is 9.23. The molecule has 3 aromatic carbocycles. The molecule has 174 valence electrons. The number of sulfonamides is 1. The van der Waals surface area contributed by atoms with Crippen molar-refractivity contribution in [3.8, 4) is 0 Å². The van der Waals surface area contributed by atoms with Gasteiger partial charge >= 0.3 is 0 Å². The van der Waals surface area contributed by atoms with Crippen LogP contribution in [0.5, 0.6) is 0 Å². The minimum Gasteiger partial charge on any atom is -0.324 e. The summed E-state index contributed by atoms with van der Waals surface area (Å²) in [5.41, 5.74) is 3.64. The summed E-state index contributed by atoms with van der Waals surface area (Å²) in [5, 5.41) is 3.98. The Morgan fingerprint density at radius 2 is 1.68 bits per heavy atom. The first kappa shape index (κ1) is 23.4. The number of nitrogens with zero attached hydrogens (tertiary/aromatic N) is 2. The van der Waals surface area contributed by atoms with E-state index in [9.17, 15) is 17.6 Å². The topological polar surface area (TPSA) is 79.4 Å². The quantitative estimate of drug-likeness (QED) is 0.417. The van der Waals surface area contributed by atoms with Crippen LogP contribution in [0.3, 0.4) is 0 Å². The van der Waals surface area contributed by atoms with Crippen LogP contribution in [-0.4, -0.2) is 25.9 Å². The Morgan fingerprint density at radius 1 is 1.00 bits per heavy atom. The molecule has 0 spiro atoms. The number of fused-ring (bicyclic) bond motifs is 1. The number of halogens is 1. The molecule has 0 saturated heterocycles. The molecule has 0 aliphatic rings. The molecular formula is C26H24FN3O3S. The highest BCUT2D eigenvalue weighted by Gasteiger charge is 2.29. The molecule has 0 bridgehead atoms. The van der Waals surface area contributed by atoms with E-state index in [2.05, 4.69) is 10.3 Å². The molecule has 0 aliphatic heterocycles. The third-order valence-electron chi connectivity index (χ3n) is 5.55. The highest BCUT2D eigenvalue weighted by atomic mass is 32.2. The second-order valence-electron chi connectivity index (χ2n) is 8.16. The molecule has 4 rings (SSSR count). The van der Waals surface area contributed by atoms with Crippen LogP contribution in [0.1, 0.15) is 16.7 Å². The zero-order valence-electron chi connectivity index (χ0n) is 19.0. The average molecular weight is 478 g/mol. The molecule has 1 N–H and O–H groups in total. The van der Waals surface area contributed by atoms with E-state index in [-0.39, 0.29) is 10.6 Å². The molecule has 1 heterocycles. The zero-order valence-corrected chi connectivity index (χ0v) is 19.9. The summed E-state index contributed by atoms with van der Waals surface area (Å²) in [4.78, 5) is 17.2. The lowest BCUT2D eigenvalue weighted by molar-refractivity contribution is -0.114. The number of anilines is 2. The molecule has 0 aliphatic carbocycles. The van der Waals surface area contributed by atoms with Crippen molar-refractivity contribution < 1.29 is 17.6 Å². The normalized spacial score (nSPS) is 11.4. The fourth-order valence-corrected chi connectivity index (χ4v) is 5.68. The fourth-order valence-electron chi connectivity index (χ4n) is 4.05. The maximum absolute atomic E-state index is 13.8. The summed E-state index contributed by atoms with van der Waals surface area (Å²) in [7, 11) is -4.19. The van der Waals surface area contributed by atoms with E-state index >= 15 is 0 Å². The van der Waals surface area contributed by atoms with Gasteiger partial charge in [0.15, 0.2) is 0 Å². The molecule has 0 unspecified atom stereocenters. The van der Waals surface area contributed by atoms with E-state index in [1.54, 1.807) is 24.4 Å². The molecule has 0 fully saturated rings. The number of carbonyl (C=O) groups is 1. The molecule has 0 radical (unpaired) electrons. The van der Waals surface area contributed by atoms with Gasteiger partial charge in [0.1, 0.15) is 12.4 Å². The Kier molecular flexibility index (Phi) is 6.34. The van der Waals surface area contributed by atoms with Crippen molar-refractivity contribution in [1.82, 2.24) is 4.98 Å². The van der Waals surface area contributed by atoms with Crippen LogP contribution in [0, 0.1) is 26.6 Å². The summed E-state index contributed by atoms with van der Waals surface area (Å²) in [5.74, 6) is -1.02. The molecule has 0 saturated carbocycles. The van der Waals surface area contributed by atoms with Gasteiger partial charge in [0.25, 0.3) is 10.0 Å². The zero-order chi connectivity index (χ0) is 24.5. The molecule has 8 heteroatoms. The third-order valence-corrected chi connectivity index (χ3v) is 7.38. The minimum atomic E-state index is -4.19. The van der Waals surface area contributed by atoms with Gasteiger partial charge in [-0.25, -0.2) is 12.8 Å². The lowest BCUT2D eigenvalue weighted by Gasteiger charge is -2.25. The fraction of sp³-hybridized carbons (Fsp3) is 0.154. The average Bonchev–Trinajstić information content (AvgIpc) is 2.80. The molecular weight excluding hydrogens is 453 g/mol. The number of rotatable bonds is 6. The van der Waals surface area contributed by atoms with Gasteiger partial charge in [0.2, 0.25) is 5.91 Å². The van der Waals surface area contributed by atoms with Crippen molar-refractivity contribution >= 4 is 38.1 Å². The van der Waals surface area contributed by atoms with Crippen molar-refractivity contribution in [2.24, 2.45) is 0 Å². The van der Waals surface area contributed by atoms with E-state index in [0.29, 0.717) is 16.5 Å². The van der Waals surface area contributed by atoms with Crippen molar-refractivity contribution in [1.29, 1.82) is 0 Å². The van der Waals surface area contributed by atoms with E-state index in [1.165, 1.54) is 24.4 Å². The lowest BCUT2D eigenvalue weighted by atomic mass is 10.1. The molecule has 1 amide bonds. The highest BCUT2D eigenvalue weighted by Crippen LogP contribution is 2.29. The smallest absolute Gasteiger partial charge is 0.265 e. The van der Waals surface area contributed by atoms with Crippen LogP contribution in [-0.2, 0) is 14.8 Å². The predicted octanol–water partition coefficient (Wildman–Crippen LogP) is 5.13. The number of carbonyl (C=O) groups excluding carboxylic acids is 1. The van der Waals surface area contributed by atoms with Gasteiger partial charge in [0, 0.05) is 28.9 Å². The van der Waals surface area contributed by atoms with Gasteiger partial charge in [-0.1, -0.05) is 29.8 Å². The van der Waals surface area contributed by atoms with Gasteiger partial charge < -0.3 is 5.32 Å². The number of aromatic nitrogens is 1. The highest BCUT2D eigenvalue weighted by molar-refractivity contribution is 7.93. The number of benzene rings is 3. The summed E-state index contributed by atoms with van der Waals surface area (Å²) >= 11 is 0. The molecule has 34 heavy (non-hydrogen) atoms. The second-order valence-corrected chi connectivity index (χ2v) is 9.99. The standard InChI is InChI=1S/C26H24FN3O3S/c1-17-13-18(2)26(19(3)14-17)29-25(31)16-30(22-9-7-21(27)8-10-22)34(32,33)24-6-4-5-20-15-28-12-11-23(20)24/h4-15H,16H2,1-3H3,(H,29,31). The largest absolute Gasteiger partial charge is 0.324 e. The van der Waals surface area contributed by atoms with E-state index in [0.717, 1.165) is 33.1 Å². The van der Waals surface area contributed by atoms with Crippen molar-refractivity contribution in [2.75, 3.05) is 16.2 Å². The van der Waals surface area contributed by atoms with Crippen molar-refractivity contribution in [3.05, 3.63) is 95.6 Å². The van der Waals surface area contributed by atoms with Crippen LogP contribution in [0.25, 0.3) is 10.8 Å². The number of nitrogens with one attached hydrogen (secondary N) is 1. The monoisotopic (exact) mass is 477 g/mol. The molecule has 4 aromatic rings. The van der Waals surface area contributed by atoms with E-state index in [4.69, 9.17) is 0 Å². The Hall–Kier alpha value is -3.78. The van der Waals surface area contributed by atoms with Gasteiger partial charge in [0.05, 0.1) is 10.6 Å². The Balaban J connectivity index is 1.76. The van der Waals surface area contributed by atoms with Gasteiger partial charge in [-0.05, 0) is 68.3 Å². The first-order chi connectivity index (χ1) is 16.2. The molecule has 6 nitrogen and oxygen atoms in total. The Labute approximate surface area is 198 Å². The first-order valence-electron chi connectivity index (χ1n) is 10.7. The van der Waals surface area contributed by atoms with Gasteiger partial charge in [-0.3, -0.25) is 14.1 Å². The molecule has 1 aromatic heterocycles. The predicted molar refractivity (Wildman–Crippen MR) is 132 cm³/mol. The van der Waals surface area contributed by atoms with E-state index in [1.807, 2.05) is 32.9 Å². The van der Waals surface area contributed by atoms with Gasteiger partial charge in [-0.15, -0.1) is 0 Å². The van der Waals surface area contributed by atoms with Crippen LogP contribution >= 0.6 is 0 Å².